The van der Waals surface area contributed by atoms with Crippen molar-refractivity contribution in [2.75, 3.05) is 13.2 Å². The van der Waals surface area contributed by atoms with Crippen LogP contribution in [0.25, 0.3) is 0 Å². The summed E-state index contributed by atoms with van der Waals surface area (Å²) in [6, 6.07) is 5.99. The Morgan fingerprint density at radius 3 is 2.48 bits per heavy atom. The summed E-state index contributed by atoms with van der Waals surface area (Å²) >= 11 is 0. The van der Waals surface area contributed by atoms with E-state index in [-0.39, 0.29) is 23.9 Å². The van der Waals surface area contributed by atoms with E-state index in [1.54, 1.807) is 0 Å². The molecule has 0 spiro atoms. The largest absolute Gasteiger partial charge is 0.490 e. The lowest BCUT2D eigenvalue weighted by atomic mass is 10.0. The predicted octanol–water partition coefficient (Wildman–Crippen LogP) is 3.57. The van der Waals surface area contributed by atoms with E-state index in [0.717, 1.165) is 49.2 Å². The zero-order valence-corrected chi connectivity index (χ0v) is 15.7. The maximum absolute atomic E-state index is 12.4. The molecule has 1 fully saturated rings. The number of hydrogen-bond acceptors (Lipinski definition) is 4. The van der Waals surface area contributed by atoms with E-state index >= 15 is 0 Å². The predicted molar refractivity (Wildman–Crippen MR) is 99.9 cm³/mol. The second-order valence-corrected chi connectivity index (χ2v) is 6.90. The van der Waals surface area contributed by atoms with Crippen molar-refractivity contribution in [1.29, 1.82) is 0 Å². The van der Waals surface area contributed by atoms with E-state index in [9.17, 15) is 4.79 Å². The monoisotopic (exact) mass is 348 g/mol. The topological polar surface area (TPSA) is 73.6 Å². The van der Waals surface area contributed by atoms with Gasteiger partial charge in [-0.15, -0.1) is 0 Å². The maximum atomic E-state index is 12.4. The molecule has 0 radical (unpaired) electrons. The van der Waals surface area contributed by atoms with Gasteiger partial charge in [0.1, 0.15) is 0 Å². The second-order valence-electron chi connectivity index (χ2n) is 6.90. The Morgan fingerprint density at radius 2 is 1.88 bits per heavy atom. The van der Waals surface area contributed by atoms with E-state index in [1.807, 2.05) is 25.1 Å². The summed E-state index contributed by atoms with van der Waals surface area (Å²) in [5, 5.41) is 3.11. The van der Waals surface area contributed by atoms with Crippen molar-refractivity contribution in [2.45, 2.75) is 65.0 Å². The summed E-state index contributed by atoms with van der Waals surface area (Å²) in [5.41, 5.74) is 6.94. The van der Waals surface area contributed by atoms with E-state index in [1.165, 1.54) is 0 Å². The van der Waals surface area contributed by atoms with Crippen molar-refractivity contribution < 1.29 is 14.3 Å². The molecule has 0 aromatic heterocycles. The minimum absolute atomic E-state index is 0.0421. The van der Waals surface area contributed by atoms with Crippen LogP contribution in [0.1, 0.15) is 64.5 Å². The van der Waals surface area contributed by atoms with Crippen LogP contribution in [0.3, 0.4) is 0 Å². The molecule has 5 heteroatoms. The Labute approximate surface area is 151 Å². The fourth-order valence-corrected chi connectivity index (χ4v) is 3.12. The first-order chi connectivity index (χ1) is 12.0. The second kappa shape index (κ2) is 9.66. The summed E-state index contributed by atoms with van der Waals surface area (Å²) in [4.78, 5) is 12.4. The zero-order valence-electron chi connectivity index (χ0n) is 15.7. The standard InChI is InChI=1S/C20H32N2O3/c1-4-10-24-18-9-7-15(13-19(18)25-11-5-2)14(3)22-20(23)16-6-8-17(21)12-16/h7,9,13-14,16-17H,4-6,8,10-12,21H2,1-3H3,(H,22,23). The van der Waals surface area contributed by atoms with Gasteiger partial charge >= 0.3 is 0 Å². The normalized spacial score (nSPS) is 21.0. The molecule has 1 aromatic carbocycles. The minimum Gasteiger partial charge on any atom is -0.490 e. The van der Waals surface area contributed by atoms with E-state index in [4.69, 9.17) is 15.2 Å². The van der Waals surface area contributed by atoms with Crippen LogP contribution >= 0.6 is 0 Å². The fourth-order valence-electron chi connectivity index (χ4n) is 3.12. The fraction of sp³-hybridized carbons (Fsp3) is 0.650. The SMILES string of the molecule is CCCOc1ccc(C(C)NC(=O)C2CCC(N)C2)cc1OCCC. The van der Waals surface area contributed by atoms with Crippen molar-refractivity contribution in [3.05, 3.63) is 23.8 Å². The summed E-state index contributed by atoms with van der Waals surface area (Å²) in [7, 11) is 0. The van der Waals surface area contributed by atoms with Crippen LogP contribution in [0.2, 0.25) is 0 Å². The van der Waals surface area contributed by atoms with Crippen molar-refractivity contribution >= 4 is 5.91 Å². The Balaban J connectivity index is 2.04. The number of nitrogens with one attached hydrogen (secondary N) is 1. The van der Waals surface area contributed by atoms with Gasteiger partial charge in [-0.05, 0) is 56.7 Å². The number of amides is 1. The lowest BCUT2D eigenvalue weighted by Gasteiger charge is -2.19. The van der Waals surface area contributed by atoms with Crippen LogP contribution in [0.4, 0.5) is 0 Å². The summed E-state index contributed by atoms with van der Waals surface area (Å²) in [5.74, 6) is 1.65. The van der Waals surface area contributed by atoms with Gasteiger partial charge in [0.25, 0.3) is 0 Å². The van der Waals surface area contributed by atoms with Crippen LogP contribution in [0.15, 0.2) is 18.2 Å². The maximum Gasteiger partial charge on any atom is 0.223 e. The van der Waals surface area contributed by atoms with Gasteiger partial charge in [0.05, 0.1) is 19.3 Å². The summed E-state index contributed by atoms with van der Waals surface area (Å²) in [6.45, 7) is 7.46. The lowest BCUT2D eigenvalue weighted by Crippen LogP contribution is -2.32. The molecule has 5 nitrogen and oxygen atoms in total. The Hall–Kier alpha value is -1.75. The third kappa shape index (κ3) is 5.63. The molecule has 3 atom stereocenters. The van der Waals surface area contributed by atoms with Gasteiger partial charge in [-0.2, -0.15) is 0 Å². The average molecular weight is 348 g/mol. The number of rotatable bonds is 9. The zero-order chi connectivity index (χ0) is 18.2. The van der Waals surface area contributed by atoms with Crippen LogP contribution in [0, 0.1) is 5.92 Å². The molecular weight excluding hydrogens is 316 g/mol. The van der Waals surface area contributed by atoms with Crippen LogP contribution < -0.4 is 20.5 Å². The highest BCUT2D eigenvalue weighted by Crippen LogP contribution is 2.31. The number of carbonyl (C=O) groups is 1. The van der Waals surface area contributed by atoms with Gasteiger partial charge in [0.2, 0.25) is 5.91 Å². The van der Waals surface area contributed by atoms with E-state index in [0.29, 0.717) is 13.2 Å². The third-order valence-corrected chi connectivity index (χ3v) is 4.59. The van der Waals surface area contributed by atoms with Gasteiger partial charge < -0.3 is 20.5 Å². The first-order valence-electron chi connectivity index (χ1n) is 9.50. The molecule has 0 bridgehead atoms. The molecule has 1 aliphatic carbocycles. The van der Waals surface area contributed by atoms with Crippen LogP contribution in [0.5, 0.6) is 11.5 Å². The van der Waals surface area contributed by atoms with Crippen molar-refractivity contribution in [2.24, 2.45) is 11.7 Å². The molecule has 0 saturated heterocycles. The van der Waals surface area contributed by atoms with Crippen LogP contribution in [-0.2, 0) is 4.79 Å². The molecule has 3 N–H and O–H groups in total. The number of nitrogens with two attached hydrogens (primary N) is 1. The Kier molecular flexibility index (Phi) is 7.56. The average Bonchev–Trinajstić information content (AvgIpc) is 3.05. The molecule has 140 valence electrons. The highest BCUT2D eigenvalue weighted by molar-refractivity contribution is 5.79. The number of hydrogen-bond donors (Lipinski definition) is 2. The molecule has 1 aromatic rings. The smallest absolute Gasteiger partial charge is 0.223 e. The van der Waals surface area contributed by atoms with Gasteiger partial charge in [-0.25, -0.2) is 0 Å². The number of ether oxygens (including phenoxy) is 2. The molecule has 0 aliphatic heterocycles. The molecule has 2 rings (SSSR count). The Morgan fingerprint density at radius 1 is 1.20 bits per heavy atom. The molecule has 1 saturated carbocycles. The number of benzene rings is 1. The van der Waals surface area contributed by atoms with Crippen molar-refractivity contribution in [3.63, 3.8) is 0 Å². The molecule has 1 aliphatic rings. The molecule has 25 heavy (non-hydrogen) atoms. The van der Waals surface area contributed by atoms with Gasteiger partial charge in [-0.1, -0.05) is 19.9 Å². The minimum atomic E-state index is -0.0754. The van der Waals surface area contributed by atoms with E-state index in [2.05, 4.69) is 19.2 Å². The lowest BCUT2D eigenvalue weighted by molar-refractivity contribution is -0.125. The number of carbonyl (C=O) groups excluding carboxylic acids is 1. The summed E-state index contributed by atoms with van der Waals surface area (Å²) < 4.78 is 11.6. The van der Waals surface area contributed by atoms with Gasteiger partial charge in [-0.3, -0.25) is 4.79 Å². The van der Waals surface area contributed by atoms with E-state index < -0.39 is 0 Å². The first-order valence-corrected chi connectivity index (χ1v) is 9.50. The molecule has 1 amide bonds. The molecular formula is C20H32N2O3. The third-order valence-electron chi connectivity index (χ3n) is 4.59. The summed E-state index contributed by atoms with van der Waals surface area (Å²) in [6.07, 6.45) is 4.49. The Bertz CT molecular complexity index is 562. The first kappa shape index (κ1) is 19.6. The highest BCUT2D eigenvalue weighted by atomic mass is 16.5. The van der Waals surface area contributed by atoms with Gasteiger partial charge in [0.15, 0.2) is 11.5 Å². The van der Waals surface area contributed by atoms with Crippen LogP contribution in [-0.4, -0.2) is 25.2 Å². The van der Waals surface area contributed by atoms with Gasteiger partial charge in [0, 0.05) is 12.0 Å². The quantitative estimate of drug-likeness (QED) is 0.715. The van der Waals surface area contributed by atoms with Crippen molar-refractivity contribution in [3.8, 4) is 11.5 Å². The van der Waals surface area contributed by atoms with Crippen molar-refractivity contribution in [1.82, 2.24) is 5.32 Å². The molecule has 0 heterocycles. The highest BCUT2D eigenvalue weighted by Gasteiger charge is 2.28. The molecule has 3 unspecified atom stereocenters.